The van der Waals surface area contributed by atoms with Crippen molar-refractivity contribution in [3.8, 4) is 0 Å². The molecular weight excluding hydrogens is 332 g/mol. The smallest absolute Gasteiger partial charge is 0.330 e. The maximum absolute atomic E-state index is 12.7. The number of benzene rings is 1. The minimum Gasteiger partial charge on any atom is -0.468 e. The van der Waals surface area contributed by atoms with Crippen LogP contribution in [0.2, 0.25) is 0 Å². The summed E-state index contributed by atoms with van der Waals surface area (Å²) in [7, 11) is 1.28. The number of carbonyl (C=O) groups is 2. The molecule has 4 atom stereocenters. The van der Waals surface area contributed by atoms with E-state index in [9.17, 15) is 9.59 Å². The molecule has 1 aromatic rings. The van der Waals surface area contributed by atoms with Crippen LogP contribution in [0.4, 0.5) is 0 Å². The Morgan fingerprint density at radius 3 is 2.50 bits per heavy atom. The Morgan fingerprint density at radius 2 is 1.92 bits per heavy atom. The van der Waals surface area contributed by atoms with Gasteiger partial charge in [0.15, 0.2) is 0 Å². The Bertz CT molecular complexity index is 731. The van der Waals surface area contributed by atoms with Crippen LogP contribution in [-0.4, -0.2) is 31.3 Å². The summed E-state index contributed by atoms with van der Waals surface area (Å²) < 4.78 is 16.9. The Balaban J connectivity index is 2.02. The summed E-state index contributed by atoms with van der Waals surface area (Å²) in [6.45, 7) is 8.10. The quantitative estimate of drug-likeness (QED) is 0.468. The Labute approximate surface area is 154 Å². The van der Waals surface area contributed by atoms with Crippen LogP contribution in [0.1, 0.15) is 45.8 Å². The molecule has 1 saturated heterocycles. The van der Waals surface area contributed by atoms with Gasteiger partial charge in [-0.3, -0.25) is 9.59 Å². The summed E-state index contributed by atoms with van der Waals surface area (Å²) in [4.78, 5) is 25.3. The first kappa shape index (κ1) is 18.6. The van der Waals surface area contributed by atoms with Crippen LogP contribution in [0.15, 0.2) is 42.0 Å². The highest BCUT2D eigenvalue weighted by Gasteiger charge is 2.62. The van der Waals surface area contributed by atoms with Crippen LogP contribution < -0.4 is 0 Å². The third-order valence-corrected chi connectivity index (χ3v) is 5.20. The zero-order chi connectivity index (χ0) is 19.1. The average molecular weight is 358 g/mol. The zero-order valence-corrected chi connectivity index (χ0v) is 15.9. The Kier molecular flexibility index (Phi) is 4.69. The molecular formula is C21H26O5. The first-order valence-electron chi connectivity index (χ1n) is 8.89. The van der Waals surface area contributed by atoms with Gasteiger partial charge in [-0.25, -0.2) is 0 Å². The molecule has 4 rings (SSSR count). The number of hydrogen-bond acceptors (Lipinski definition) is 5. The van der Waals surface area contributed by atoms with Gasteiger partial charge in [-0.1, -0.05) is 57.2 Å². The second-order valence-corrected chi connectivity index (χ2v) is 8.16. The highest BCUT2D eigenvalue weighted by molar-refractivity contribution is 6.04. The molecule has 0 spiro atoms. The van der Waals surface area contributed by atoms with Crippen molar-refractivity contribution in [2.24, 2.45) is 10.8 Å². The molecule has 5 nitrogen and oxygen atoms in total. The van der Waals surface area contributed by atoms with Gasteiger partial charge < -0.3 is 14.2 Å². The lowest BCUT2D eigenvalue weighted by Gasteiger charge is -2.47. The van der Waals surface area contributed by atoms with E-state index in [4.69, 9.17) is 14.2 Å². The zero-order valence-electron chi connectivity index (χ0n) is 15.9. The van der Waals surface area contributed by atoms with Crippen molar-refractivity contribution in [1.29, 1.82) is 0 Å². The third kappa shape index (κ3) is 2.94. The van der Waals surface area contributed by atoms with E-state index in [-0.39, 0.29) is 17.6 Å². The predicted molar refractivity (Wildman–Crippen MR) is 96.2 cm³/mol. The van der Waals surface area contributed by atoms with Crippen molar-refractivity contribution in [2.75, 3.05) is 7.11 Å². The fourth-order valence-electron chi connectivity index (χ4n) is 3.85. The molecule has 5 heteroatoms. The van der Waals surface area contributed by atoms with Crippen molar-refractivity contribution in [2.45, 2.75) is 52.4 Å². The van der Waals surface area contributed by atoms with Gasteiger partial charge in [-0.2, -0.15) is 0 Å². The van der Waals surface area contributed by atoms with E-state index in [0.717, 1.165) is 11.1 Å². The standard InChI is InChI=1S/C21H26O5/c1-13-12-21(18(22)24-5)16(11-15(13)25-19(21)23)26-17(20(2,3)4)14-9-7-6-8-10-14/h6-10,12,15-17H,11H2,1-5H3/t15-,16-,17-,21+/m0/s1. The molecule has 0 saturated carbocycles. The average Bonchev–Trinajstić information content (AvgIpc) is 2.60. The van der Waals surface area contributed by atoms with Crippen LogP contribution in [0.3, 0.4) is 0 Å². The summed E-state index contributed by atoms with van der Waals surface area (Å²) in [5.41, 5.74) is 0.113. The SMILES string of the molecule is COC(=O)[C@@]12C=C(C)[C@H](C[C@@H]1O[C@@H](c1ccccc1)C(C)(C)C)OC2=O. The molecule has 0 radical (unpaired) electrons. The highest BCUT2D eigenvalue weighted by Crippen LogP contribution is 2.48. The molecule has 2 bridgehead atoms. The van der Waals surface area contributed by atoms with Crippen LogP contribution in [0, 0.1) is 10.8 Å². The molecule has 0 amide bonds. The molecule has 0 aromatic heterocycles. The van der Waals surface area contributed by atoms with Crippen molar-refractivity contribution in [3.63, 3.8) is 0 Å². The molecule has 140 valence electrons. The Hall–Kier alpha value is -2.14. The lowest BCUT2D eigenvalue weighted by Crippen LogP contribution is -2.60. The number of carbonyl (C=O) groups excluding carboxylic acids is 2. The molecule has 2 aliphatic heterocycles. The maximum atomic E-state index is 12.7. The Morgan fingerprint density at radius 1 is 1.27 bits per heavy atom. The molecule has 0 unspecified atom stereocenters. The molecule has 26 heavy (non-hydrogen) atoms. The summed E-state index contributed by atoms with van der Waals surface area (Å²) in [5, 5.41) is 0. The summed E-state index contributed by atoms with van der Waals surface area (Å²) in [6, 6.07) is 9.87. The fourth-order valence-corrected chi connectivity index (χ4v) is 3.85. The van der Waals surface area contributed by atoms with Gasteiger partial charge in [0.25, 0.3) is 0 Å². The number of esters is 2. The van der Waals surface area contributed by atoms with Crippen LogP contribution in [-0.2, 0) is 23.8 Å². The first-order chi connectivity index (χ1) is 12.2. The van der Waals surface area contributed by atoms with Crippen LogP contribution in [0.5, 0.6) is 0 Å². The summed E-state index contributed by atoms with van der Waals surface area (Å²) in [6.07, 6.45) is 0.859. The van der Waals surface area contributed by atoms with E-state index in [0.29, 0.717) is 6.42 Å². The topological polar surface area (TPSA) is 61.8 Å². The summed E-state index contributed by atoms with van der Waals surface area (Å²) >= 11 is 0. The van der Waals surface area contributed by atoms with Crippen molar-refractivity contribution < 1.29 is 23.8 Å². The maximum Gasteiger partial charge on any atom is 0.330 e. The first-order valence-corrected chi connectivity index (χ1v) is 8.89. The monoisotopic (exact) mass is 358 g/mol. The number of rotatable bonds is 4. The second-order valence-electron chi connectivity index (χ2n) is 8.16. The van der Waals surface area contributed by atoms with Crippen molar-refractivity contribution in [1.82, 2.24) is 0 Å². The summed E-state index contributed by atoms with van der Waals surface area (Å²) in [5.74, 6) is -1.22. The van der Waals surface area contributed by atoms with E-state index in [1.165, 1.54) is 7.11 Å². The molecule has 1 fully saturated rings. The molecule has 2 heterocycles. The van der Waals surface area contributed by atoms with E-state index >= 15 is 0 Å². The minimum atomic E-state index is -1.54. The van der Waals surface area contributed by atoms with E-state index < -0.39 is 23.5 Å². The van der Waals surface area contributed by atoms with Crippen LogP contribution in [0.25, 0.3) is 0 Å². The number of ether oxygens (including phenoxy) is 3. The highest BCUT2D eigenvalue weighted by atomic mass is 16.6. The van der Waals surface area contributed by atoms with E-state index in [2.05, 4.69) is 20.8 Å². The van der Waals surface area contributed by atoms with Crippen molar-refractivity contribution in [3.05, 3.63) is 47.5 Å². The van der Waals surface area contributed by atoms with Crippen LogP contribution >= 0.6 is 0 Å². The molecule has 3 aliphatic rings. The lowest BCUT2D eigenvalue weighted by atomic mass is 9.70. The lowest BCUT2D eigenvalue weighted by molar-refractivity contribution is -0.207. The van der Waals surface area contributed by atoms with E-state index in [1.54, 1.807) is 6.08 Å². The van der Waals surface area contributed by atoms with Gasteiger partial charge in [0, 0.05) is 6.42 Å². The number of methoxy groups -OCH3 is 1. The fraction of sp³-hybridized carbons (Fsp3) is 0.524. The molecule has 1 aliphatic carbocycles. The third-order valence-electron chi connectivity index (χ3n) is 5.20. The number of hydrogen-bond donors (Lipinski definition) is 0. The van der Waals surface area contributed by atoms with Gasteiger partial charge in [0.1, 0.15) is 6.10 Å². The van der Waals surface area contributed by atoms with Crippen molar-refractivity contribution >= 4 is 11.9 Å². The van der Waals surface area contributed by atoms with Gasteiger partial charge in [-0.15, -0.1) is 0 Å². The second kappa shape index (κ2) is 6.54. The largest absolute Gasteiger partial charge is 0.468 e. The van der Waals surface area contributed by atoms with Gasteiger partial charge in [-0.05, 0) is 23.5 Å². The van der Waals surface area contributed by atoms with Gasteiger partial charge in [0.05, 0.1) is 19.3 Å². The van der Waals surface area contributed by atoms with Gasteiger partial charge >= 0.3 is 11.9 Å². The predicted octanol–water partition coefficient (Wildman–Crippen LogP) is 3.59. The molecule has 0 N–H and O–H groups in total. The number of fused-ring (bicyclic) bond motifs is 2. The van der Waals surface area contributed by atoms with E-state index in [1.807, 2.05) is 37.3 Å². The molecule has 1 aromatic carbocycles. The minimum absolute atomic E-state index is 0.224. The normalized spacial score (nSPS) is 29.0. The van der Waals surface area contributed by atoms with Gasteiger partial charge in [0.2, 0.25) is 5.41 Å².